The van der Waals surface area contributed by atoms with Crippen LogP contribution in [0.15, 0.2) is 28.8 Å². The Hall–Kier alpha value is -2.34. The van der Waals surface area contributed by atoms with E-state index in [1.165, 1.54) is 7.11 Å². The fourth-order valence-electron chi connectivity index (χ4n) is 3.21. The van der Waals surface area contributed by atoms with E-state index in [1.54, 1.807) is 7.11 Å². The topological polar surface area (TPSA) is 64.8 Å². The molecule has 0 spiro atoms. The van der Waals surface area contributed by atoms with Crippen LogP contribution in [0.1, 0.15) is 31.1 Å². The number of hydrogen-bond donors (Lipinski definition) is 0. The maximum atomic E-state index is 11.4. The maximum Gasteiger partial charge on any atom is 0.305 e. The van der Waals surface area contributed by atoms with Crippen molar-refractivity contribution in [2.75, 3.05) is 20.8 Å². The van der Waals surface area contributed by atoms with Gasteiger partial charge in [-0.15, -0.1) is 0 Å². The van der Waals surface area contributed by atoms with Crippen LogP contribution in [0, 0.1) is 0 Å². The van der Waals surface area contributed by atoms with Gasteiger partial charge >= 0.3 is 5.97 Å². The van der Waals surface area contributed by atoms with Crippen LogP contribution in [0.2, 0.25) is 0 Å². The highest BCUT2D eigenvalue weighted by Crippen LogP contribution is 2.32. The van der Waals surface area contributed by atoms with Gasteiger partial charge in [0.05, 0.1) is 14.2 Å². The highest BCUT2D eigenvalue weighted by Gasteiger charge is 2.27. The monoisotopic (exact) mass is 344 g/mol. The average molecular weight is 344 g/mol. The molecule has 1 aliphatic rings. The molecule has 0 saturated heterocycles. The van der Waals surface area contributed by atoms with Gasteiger partial charge in [-0.25, -0.2) is 0 Å². The van der Waals surface area contributed by atoms with Gasteiger partial charge in [0.15, 0.2) is 0 Å². The van der Waals surface area contributed by atoms with Crippen molar-refractivity contribution in [1.29, 1.82) is 0 Å². The third-order valence-corrected chi connectivity index (χ3v) is 4.82. The molecule has 1 aromatic carbocycles. The second-order valence-corrected chi connectivity index (χ2v) is 6.35. The summed E-state index contributed by atoms with van der Waals surface area (Å²) < 4.78 is 15.6. The standard InChI is InChI=1S/C19H24N2O4/c1-13(7-8-18(22)24-3)21-10-9-17-16(12-21)19(20-25-17)14-5-4-6-15(11-14)23-2/h4-6,11,13H,7-10,12H2,1-3H3/t13-/m1/s1. The van der Waals surface area contributed by atoms with Crippen molar-refractivity contribution in [2.24, 2.45) is 0 Å². The predicted molar refractivity (Wildman–Crippen MR) is 93.3 cm³/mol. The van der Waals surface area contributed by atoms with E-state index in [-0.39, 0.29) is 5.97 Å². The maximum absolute atomic E-state index is 11.4. The second kappa shape index (κ2) is 7.70. The molecule has 0 aliphatic carbocycles. The summed E-state index contributed by atoms with van der Waals surface area (Å²) in [5.41, 5.74) is 3.00. The quantitative estimate of drug-likeness (QED) is 0.751. The summed E-state index contributed by atoms with van der Waals surface area (Å²) in [6, 6.07) is 8.14. The van der Waals surface area contributed by atoms with Crippen molar-refractivity contribution >= 4 is 5.97 Å². The number of rotatable bonds is 6. The number of nitrogens with zero attached hydrogens (tertiary/aromatic N) is 2. The normalized spacial score (nSPS) is 15.5. The number of methoxy groups -OCH3 is 2. The molecular weight excluding hydrogens is 320 g/mol. The van der Waals surface area contributed by atoms with Crippen LogP contribution in [0.25, 0.3) is 11.3 Å². The molecule has 0 amide bonds. The molecule has 6 heteroatoms. The van der Waals surface area contributed by atoms with Gasteiger partial charge in [0.25, 0.3) is 0 Å². The molecule has 0 bridgehead atoms. The molecule has 1 atom stereocenters. The number of ether oxygens (including phenoxy) is 2. The summed E-state index contributed by atoms with van der Waals surface area (Å²) in [5.74, 6) is 1.59. The summed E-state index contributed by atoms with van der Waals surface area (Å²) in [6.07, 6.45) is 2.05. The van der Waals surface area contributed by atoms with E-state index in [9.17, 15) is 4.79 Å². The number of fused-ring (bicyclic) bond motifs is 1. The number of esters is 1. The van der Waals surface area contributed by atoms with E-state index in [0.717, 1.165) is 54.3 Å². The van der Waals surface area contributed by atoms with Crippen LogP contribution in [0.5, 0.6) is 5.75 Å². The number of aromatic nitrogens is 1. The van der Waals surface area contributed by atoms with Crippen LogP contribution in [0.4, 0.5) is 0 Å². The summed E-state index contributed by atoms with van der Waals surface area (Å²) in [6.45, 7) is 3.82. The van der Waals surface area contributed by atoms with Crippen molar-refractivity contribution in [2.45, 2.75) is 38.8 Å². The Balaban J connectivity index is 1.76. The molecule has 0 fully saturated rings. The van der Waals surface area contributed by atoms with E-state index in [2.05, 4.69) is 17.0 Å². The van der Waals surface area contributed by atoms with Crippen LogP contribution in [-0.4, -0.2) is 42.8 Å². The Morgan fingerprint density at radius 3 is 3.00 bits per heavy atom. The van der Waals surface area contributed by atoms with Crippen LogP contribution in [-0.2, 0) is 22.5 Å². The van der Waals surface area contributed by atoms with Crippen LogP contribution in [0.3, 0.4) is 0 Å². The molecule has 6 nitrogen and oxygen atoms in total. The van der Waals surface area contributed by atoms with Gasteiger partial charge in [-0.1, -0.05) is 17.3 Å². The lowest BCUT2D eigenvalue weighted by atomic mass is 9.99. The summed E-state index contributed by atoms with van der Waals surface area (Å²) in [5, 5.41) is 4.29. The fourth-order valence-corrected chi connectivity index (χ4v) is 3.21. The van der Waals surface area contributed by atoms with Crippen LogP contribution < -0.4 is 4.74 Å². The molecule has 0 saturated carbocycles. The average Bonchev–Trinajstić information content (AvgIpc) is 3.08. The summed E-state index contributed by atoms with van der Waals surface area (Å²) in [7, 11) is 3.08. The first-order chi connectivity index (χ1) is 12.1. The minimum atomic E-state index is -0.161. The molecule has 134 valence electrons. The number of carbonyl (C=O) groups excluding carboxylic acids is 1. The Morgan fingerprint density at radius 2 is 2.24 bits per heavy atom. The van der Waals surface area contributed by atoms with Gasteiger partial charge in [-0.05, 0) is 25.5 Å². The third-order valence-electron chi connectivity index (χ3n) is 4.82. The number of hydrogen-bond acceptors (Lipinski definition) is 6. The van der Waals surface area contributed by atoms with Gasteiger partial charge in [-0.3, -0.25) is 9.69 Å². The highest BCUT2D eigenvalue weighted by molar-refractivity contribution is 5.69. The molecule has 2 aromatic rings. The zero-order valence-corrected chi connectivity index (χ0v) is 14.9. The van der Waals surface area contributed by atoms with Crippen molar-refractivity contribution in [3.63, 3.8) is 0 Å². The molecule has 0 N–H and O–H groups in total. The first kappa shape index (κ1) is 17.5. The summed E-state index contributed by atoms with van der Waals surface area (Å²) in [4.78, 5) is 13.7. The Kier molecular flexibility index (Phi) is 5.38. The number of carbonyl (C=O) groups is 1. The van der Waals surface area contributed by atoms with E-state index in [1.807, 2.05) is 24.3 Å². The van der Waals surface area contributed by atoms with Gasteiger partial charge < -0.3 is 14.0 Å². The van der Waals surface area contributed by atoms with E-state index in [0.29, 0.717) is 12.5 Å². The zero-order chi connectivity index (χ0) is 17.8. The highest BCUT2D eigenvalue weighted by atomic mass is 16.5. The molecule has 2 heterocycles. The van der Waals surface area contributed by atoms with E-state index in [4.69, 9.17) is 14.0 Å². The van der Waals surface area contributed by atoms with Gasteiger partial charge in [-0.2, -0.15) is 0 Å². The SMILES string of the molecule is COC(=O)CC[C@@H](C)N1CCc2onc(-c3cccc(OC)c3)c2C1. The minimum Gasteiger partial charge on any atom is -0.497 e. The third kappa shape index (κ3) is 3.85. The van der Waals surface area contributed by atoms with Crippen molar-refractivity contribution in [3.05, 3.63) is 35.6 Å². The lowest BCUT2D eigenvalue weighted by Gasteiger charge is -2.31. The molecular formula is C19H24N2O4. The van der Waals surface area contributed by atoms with Crippen molar-refractivity contribution in [3.8, 4) is 17.0 Å². The Labute approximate surface area is 147 Å². The largest absolute Gasteiger partial charge is 0.497 e. The van der Waals surface area contributed by atoms with Gasteiger partial charge in [0, 0.05) is 43.1 Å². The number of benzene rings is 1. The molecule has 3 rings (SSSR count). The molecule has 1 aliphatic heterocycles. The first-order valence-electron chi connectivity index (χ1n) is 8.55. The Bertz CT molecular complexity index is 741. The van der Waals surface area contributed by atoms with E-state index < -0.39 is 0 Å². The first-order valence-corrected chi connectivity index (χ1v) is 8.55. The second-order valence-electron chi connectivity index (χ2n) is 6.35. The lowest BCUT2D eigenvalue weighted by molar-refractivity contribution is -0.141. The van der Waals surface area contributed by atoms with Gasteiger partial charge in [0.1, 0.15) is 17.2 Å². The molecule has 25 heavy (non-hydrogen) atoms. The van der Waals surface area contributed by atoms with Crippen molar-refractivity contribution in [1.82, 2.24) is 10.1 Å². The molecule has 0 radical (unpaired) electrons. The molecule has 0 unspecified atom stereocenters. The van der Waals surface area contributed by atoms with Crippen molar-refractivity contribution < 1.29 is 18.8 Å². The molecule has 1 aromatic heterocycles. The van der Waals surface area contributed by atoms with Crippen LogP contribution >= 0.6 is 0 Å². The predicted octanol–water partition coefficient (Wildman–Crippen LogP) is 3.05. The van der Waals surface area contributed by atoms with Gasteiger partial charge in [0.2, 0.25) is 0 Å². The minimum absolute atomic E-state index is 0.161. The Morgan fingerprint density at radius 1 is 1.40 bits per heavy atom. The fraction of sp³-hybridized carbons (Fsp3) is 0.474. The zero-order valence-electron chi connectivity index (χ0n) is 14.9. The lowest BCUT2D eigenvalue weighted by Crippen LogP contribution is -2.37. The summed E-state index contributed by atoms with van der Waals surface area (Å²) >= 11 is 0. The van der Waals surface area contributed by atoms with E-state index >= 15 is 0 Å². The smallest absolute Gasteiger partial charge is 0.305 e.